The number of aryl methyl sites for hydroxylation is 2. The minimum Gasteiger partial charge on any atom is -0.383 e. The van der Waals surface area contributed by atoms with Crippen LogP contribution in [0.1, 0.15) is 29.4 Å². The molecule has 38 heavy (non-hydrogen) atoms. The summed E-state index contributed by atoms with van der Waals surface area (Å²) in [6.45, 7) is 8.95. The molecule has 0 radical (unpaired) electrons. The highest BCUT2D eigenvalue weighted by atomic mass is 16.5. The van der Waals surface area contributed by atoms with Crippen LogP contribution in [-0.4, -0.2) is 56.0 Å². The number of para-hydroxylation sites is 1. The van der Waals surface area contributed by atoms with Gasteiger partial charge in [-0.15, -0.1) is 0 Å². The first-order chi connectivity index (χ1) is 18.4. The van der Waals surface area contributed by atoms with E-state index in [1.807, 2.05) is 75.0 Å². The number of fused-ring (bicyclic) bond motifs is 2. The Morgan fingerprint density at radius 1 is 1.03 bits per heavy atom. The molecular formula is C29H33N7O2. The van der Waals surface area contributed by atoms with Gasteiger partial charge in [0, 0.05) is 25.4 Å². The van der Waals surface area contributed by atoms with Gasteiger partial charge >= 0.3 is 0 Å². The van der Waals surface area contributed by atoms with Crippen LogP contribution in [0.4, 0.5) is 5.82 Å². The first-order valence-corrected chi connectivity index (χ1v) is 12.8. The Hall–Kier alpha value is -4.08. The van der Waals surface area contributed by atoms with Crippen LogP contribution in [0.15, 0.2) is 59.7 Å². The van der Waals surface area contributed by atoms with E-state index in [-0.39, 0.29) is 5.56 Å². The number of rotatable bonds is 9. The third kappa shape index (κ3) is 4.78. The summed E-state index contributed by atoms with van der Waals surface area (Å²) < 4.78 is 9.13. The topological polar surface area (TPSA) is 104 Å². The molecule has 0 saturated heterocycles. The molecule has 196 valence electrons. The Labute approximate surface area is 221 Å². The smallest absolute Gasteiger partial charge is 0.263 e. The van der Waals surface area contributed by atoms with Crippen molar-refractivity contribution in [3.05, 3.63) is 87.7 Å². The zero-order valence-electron chi connectivity index (χ0n) is 22.3. The van der Waals surface area contributed by atoms with Gasteiger partial charge in [0.05, 0.1) is 35.3 Å². The van der Waals surface area contributed by atoms with E-state index in [0.717, 1.165) is 45.5 Å². The first kappa shape index (κ1) is 25.6. The summed E-state index contributed by atoms with van der Waals surface area (Å²) in [5, 5.41) is 7.28. The van der Waals surface area contributed by atoms with E-state index in [4.69, 9.17) is 15.6 Å². The monoisotopic (exact) mass is 511 g/mol. The molecule has 0 aliphatic carbocycles. The first-order valence-electron chi connectivity index (χ1n) is 12.8. The van der Waals surface area contributed by atoms with Gasteiger partial charge in [-0.1, -0.05) is 36.4 Å². The second-order valence-corrected chi connectivity index (χ2v) is 9.60. The van der Waals surface area contributed by atoms with Gasteiger partial charge in [0.25, 0.3) is 5.56 Å². The zero-order chi connectivity index (χ0) is 26.8. The van der Waals surface area contributed by atoms with Crippen LogP contribution in [0.2, 0.25) is 0 Å². The van der Waals surface area contributed by atoms with E-state index in [1.54, 1.807) is 4.57 Å². The zero-order valence-corrected chi connectivity index (χ0v) is 22.3. The van der Waals surface area contributed by atoms with E-state index < -0.39 is 0 Å². The maximum atomic E-state index is 14.0. The number of anilines is 1. The highest BCUT2D eigenvalue weighted by Gasteiger charge is 2.20. The van der Waals surface area contributed by atoms with Crippen LogP contribution in [0.5, 0.6) is 0 Å². The summed E-state index contributed by atoms with van der Waals surface area (Å²) in [7, 11) is 2.02. The lowest BCUT2D eigenvalue weighted by atomic mass is 10.1. The number of nitrogens with two attached hydrogens (primary N) is 1. The molecule has 0 aliphatic rings. The Balaban J connectivity index is 1.65. The molecule has 3 heterocycles. The fraction of sp³-hybridized carbons (Fsp3) is 0.310. The quantitative estimate of drug-likeness (QED) is 0.300. The van der Waals surface area contributed by atoms with Crippen molar-refractivity contribution in [1.82, 2.24) is 29.2 Å². The lowest BCUT2D eigenvalue weighted by molar-refractivity contribution is 0.120. The van der Waals surface area contributed by atoms with Crippen LogP contribution >= 0.6 is 0 Å². The van der Waals surface area contributed by atoms with Crippen molar-refractivity contribution >= 4 is 27.6 Å². The number of benzene rings is 2. The van der Waals surface area contributed by atoms with E-state index in [1.165, 1.54) is 6.33 Å². The molecule has 9 nitrogen and oxygen atoms in total. The fourth-order valence-electron chi connectivity index (χ4n) is 4.96. The van der Waals surface area contributed by atoms with Crippen molar-refractivity contribution in [3.63, 3.8) is 0 Å². The molecule has 2 aromatic carbocycles. The molecule has 5 rings (SSSR count). The number of aromatic nitrogens is 5. The Bertz CT molecular complexity index is 1670. The summed E-state index contributed by atoms with van der Waals surface area (Å²) in [6, 6.07) is 15.9. The molecule has 0 amide bonds. The van der Waals surface area contributed by atoms with Gasteiger partial charge in [-0.25, -0.2) is 14.6 Å². The van der Waals surface area contributed by atoms with Crippen LogP contribution in [0.25, 0.3) is 27.5 Å². The molecule has 9 heteroatoms. The lowest BCUT2D eigenvalue weighted by Gasteiger charge is -2.17. The number of hydrogen-bond donors (Lipinski definition) is 1. The third-order valence-corrected chi connectivity index (χ3v) is 6.87. The predicted molar refractivity (Wildman–Crippen MR) is 151 cm³/mol. The number of nitrogen functional groups attached to an aromatic ring is 1. The fourth-order valence-corrected chi connectivity index (χ4v) is 4.96. The van der Waals surface area contributed by atoms with Gasteiger partial charge in [-0.05, 0) is 56.5 Å². The van der Waals surface area contributed by atoms with Gasteiger partial charge in [-0.2, -0.15) is 5.10 Å². The maximum Gasteiger partial charge on any atom is 0.263 e. The van der Waals surface area contributed by atoms with Gasteiger partial charge < -0.3 is 10.5 Å². The second-order valence-electron chi connectivity index (χ2n) is 9.60. The number of likely N-dealkylation sites (N-methyl/N-ethyl adjacent to an activating group) is 1. The van der Waals surface area contributed by atoms with Crippen molar-refractivity contribution in [2.75, 3.05) is 32.5 Å². The molecule has 2 N–H and O–H groups in total. The van der Waals surface area contributed by atoms with Crippen LogP contribution in [-0.2, 0) is 17.8 Å². The van der Waals surface area contributed by atoms with Crippen LogP contribution in [0, 0.1) is 13.8 Å². The summed E-state index contributed by atoms with van der Waals surface area (Å²) in [5.74, 6) is 0.389. The molecule has 0 fully saturated rings. The normalized spacial score (nSPS) is 11.7. The van der Waals surface area contributed by atoms with Crippen molar-refractivity contribution in [2.24, 2.45) is 0 Å². The molecule has 5 aromatic rings. The van der Waals surface area contributed by atoms with E-state index in [9.17, 15) is 4.79 Å². The summed E-state index contributed by atoms with van der Waals surface area (Å²) in [6.07, 6.45) is 1.45. The number of hydrogen-bond acceptors (Lipinski definition) is 7. The Morgan fingerprint density at radius 3 is 2.61 bits per heavy atom. The maximum absolute atomic E-state index is 14.0. The summed E-state index contributed by atoms with van der Waals surface area (Å²) in [4.78, 5) is 24.9. The number of nitrogens with zero attached hydrogens (tertiary/aromatic N) is 6. The number of pyridine rings is 1. The molecule has 0 bridgehead atoms. The van der Waals surface area contributed by atoms with Crippen LogP contribution < -0.4 is 11.3 Å². The molecule has 0 saturated carbocycles. The largest absolute Gasteiger partial charge is 0.383 e. The molecule has 0 spiro atoms. The minimum atomic E-state index is -0.0496. The summed E-state index contributed by atoms with van der Waals surface area (Å²) >= 11 is 0. The highest BCUT2D eigenvalue weighted by molar-refractivity contribution is 5.88. The van der Waals surface area contributed by atoms with E-state index >= 15 is 0 Å². The second kappa shape index (κ2) is 10.7. The van der Waals surface area contributed by atoms with Gasteiger partial charge in [0.15, 0.2) is 5.65 Å². The van der Waals surface area contributed by atoms with Crippen molar-refractivity contribution in [1.29, 1.82) is 0 Å². The van der Waals surface area contributed by atoms with Crippen molar-refractivity contribution in [3.8, 4) is 5.69 Å². The highest BCUT2D eigenvalue weighted by Crippen LogP contribution is 2.25. The Kier molecular flexibility index (Phi) is 7.22. The summed E-state index contributed by atoms with van der Waals surface area (Å²) in [5.41, 5.74) is 11.3. The van der Waals surface area contributed by atoms with Crippen molar-refractivity contribution in [2.45, 2.75) is 33.9 Å². The van der Waals surface area contributed by atoms with Crippen molar-refractivity contribution < 1.29 is 4.74 Å². The minimum absolute atomic E-state index is 0.0496. The molecule has 0 unspecified atom stereocenters. The SMILES string of the molecule is CCOCCN(C)Cc1nn(Cc2cc3cccc(C)c3c(=O)n2-c2ccccc2C)c2ncnc(N)c12. The molecule has 3 aromatic heterocycles. The predicted octanol–water partition coefficient (Wildman–Crippen LogP) is 3.85. The van der Waals surface area contributed by atoms with Gasteiger partial charge in [-0.3, -0.25) is 14.3 Å². The van der Waals surface area contributed by atoms with Gasteiger partial charge in [0.1, 0.15) is 12.1 Å². The molecule has 0 atom stereocenters. The van der Waals surface area contributed by atoms with E-state index in [2.05, 4.69) is 20.9 Å². The van der Waals surface area contributed by atoms with Crippen LogP contribution in [0.3, 0.4) is 0 Å². The third-order valence-electron chi connectivity index (χ3n) is 6.87. The van der Waals surface area contributed by atoms with E-state index in [0.29, 0.717) is 43.2 Å². The average molecular weight is 512 g/mol. The molecule has 0 aliphatic heterocycles. The average Bonchev–Trinajstić information content (AvgIpc) is 3.23. The lowest BCUT2D eigenvalue weighted by Crippen LogP contribution is -2.25. The standard InChI is InChI=1S/C29H33N7O2/c1-5-38-14-13-34(4)17-23-26-27(30)31-18-32-28(26)35(33-23)16-22-15-21-11-8-10-20(3)25(21)29(37)36(22)24-12-7-6-9-19(24)2/h6-12,15,18H,5,13-14,16-17H2,1-4H3,(H2,30,31,32). The van der Waals surface area contributed by atoms with Gasteiger partial charge in [0.2, 0.25) is 0 Å². The Morgan fingerprint density at radius 2 is 1.82 bits per heavy atom. The number of ether oxygens (including phenoxy) is 1. The molecular weight excluding hydrogens is 478 g/mol.